The van der Waals surface area contributed by atoms with Crippen LogP contribution >= 0.6 is 0 Å². The van der Waals surface area contributed by atoms with E-state index in [2.05, 4.69) is 56.7 Å². The van der Waals surface area contributed by atoms with E-state index in [1.807, 2.05) is 36.5 Å². The van der Waals surface area contributed by atoms with Crippen LogP contribution in [0.3, 0.4) is 0 Å². The summed E-state index contributed by atoms with van der Waals surface area (Å²) in [6.07, 6.45) is 2.85. The van der Waals surface area contributed by atoms with Gasteiger partial charge in [-0.05, 0) is 60.0 Å². The molecule has 1 aliphatic heterocycles. The zero-order valence-electron chi connectivity index (χ0n) is 20.4. The molecule has 1 aliphatic rings. The minimum Gasteiger partial charge on any atom is -0.495 e. The minimum atomic E-state index is 0.499. The Bertz CT molecular complexity index is 1580. The molecule has 6 rings (SSSR count). The third kappa shape index (κ3) is 4.16. The number of methoxy groups -OCH3 is 1. The van der Waals surface area contributed by atoms with Gasteiger partial charge < -0.3 is 19.4 Å². The molecule has 0 atom stereocenters. The van der Waals surface area contributed by atoms with Gasteiger partial charge in [0.1, 0.15) is 5.75 Å². The molecular weight excluding hydrogens is 452 g/mol. The predicted molar refractivity (Wildman–Crippen MR) is 139 cm³/mol. The monoisotopic (exact) mass is 478 g/mol. The van der Waals surface area contributed by atoms with Gasteiger partial charge in [0, 0.05) is 37.2 Å². The smallest absolute Gasteiger partial charge is 0.248 e. The van der Waals surface area contributed by atoms with E-state index < -0.39 is 0 Å². The average Bonchev–Trinajstić information content (AvgIpc) is 3.34. The molecule has 0 spiro atoms. The summed E-state index contributed by atoms with van der Waals surface area (Å²) >= 11 is 0. The lowest BCUT2D eigenvalue weighted by molar-refractivity contribution is 0.312. The number of likely N-dealkylation sites (N-methyl/N-ethyl adjacent to an activating group) is 1. The van der Waals surface area contributed by atoms with Crippen molar-refractivity contribution < 1.29 is 9.15 Å². The molecule has 5 aromatic rings. The van der Waals surface area contributed by atoms with E-state index in [0.717, 1.165) is 58.5 Å². The molecule has 8 heteroatoms. The van der Waals surface area contributed by atoms with Crippen molar-refractivity contribution in [2.75, 3.05) is 26.0 Å². The lowest BCUT2D eigenvalue weighted by Crippen LogP contribution is -2.26. The van der Waals surface area contributed by atoms with Gasteiger partial charge >= 0.3 is 0 Å². The number of ether oxygens (including phenoxy) is 1. The van der Waals surface area contributed by atoms with Crippen molar-refractivity contribution in [2.45, 2.75) is 19.9 Å². The first-order valence-electron chi connectivity index (χ1n) is 11.9. The first kappa shape index (κ1) is 22.2. The second kappa shape index (κ2) is 9.05. The number of hydrogen-bond donors (Lipinski definition) is 1. The van der Waals surface area contributed by atoms with E-state index in [4.69, 9.17) is 14.1 Å². The van der Waals surface area contributed by atoms with Gasteiger partial charge in [0.2, 0.25) is 17.7 Å². The molecule has 0 fully saturated rings. The van der Waals surface area contributed by atoms with E-state index >= 15 is 0 Å². The third-order valence-electron chi connectivity index (χ3n) is 6.55. The Kier molecular flexibility index (Phi) is 5.58. The quantitative estimate of drug-likeness (QED) is 0.359. The van der Waals surface area contributed by atoms with Gasteiger partial charge in [-0.1, -0.05) is 30.3 Å². The number of fused-ring (bicyclic) bond motifs is 2. The molecule has 2 aromatic heterocycles. The molecule has 36 heavy (non-hydrogen) atoms. The molecule has 0 bridgehead atoms. The highest BCUT2D eigenvalue weighted by molar-refractivity contribution is 5.88. The van der Waals surface area contributed by atoms with Crippen molar-refractivity contribution in [3.8, 4) is 28.3 Å². The van der Waals surface area contributed by atoms with Crippen LogP contribution in [-0.4, -0.2) is 45.8 Å². The predicted octanol–water partition coefficient (Wildman–Crippen LogP) is 5.40. The number of aromatic nitrogens is 4. The number of anilines is 2. The number of hydrogen-bond acceptors (Lipinski definition) is 8. The topological polar surface area (TPSA) is 89.2 Å². The molecule has 1 N–H and O–H groups in total. The SMILES string of the molecule is COc1cc2c(cc1Nc1ncc3ccc(-c4ccccc4-c4nnc(C)o4)cc3n1)CN(C)CC2. The summed E-state index contributed by atoms with van der Waals surface area (Å²) in [7, 11) is 3.83. The zero-order valence-corrected chi connectivity index (χ0v) is 20.4. The Morgan fingerprint density at radius 3 is 2.67 bits per heavy atom. The van der Waals surface area contributed by atoms with Crippen molar-refractivity contribution in [3.63, 3.8) is 0 Å². The second-order valence-corrected chi connectivity index (χ2v) is 9.07. The molecular formula is C28H26N6O2. The van der Waals surface area contributed by atoms with Crippen molar-refractivity contribution in [2.24, 2.45) is 0 Å². The first-order valence-corrected chi connectivity index (χ1v) is 11.9. The molecule has 0 amide bonds. The molecule has 0 saturated heterocycles. The average molecular weight is 479 g/mol. The number of benzene rings is 3. The Balaban J connectivity index is 1.37. The zero-order chi connectivity index (χ0) is 24.6. The van der Waals surface area contributed by atoms with Gasteiger partial charge in [0.05, 0.1) is 18.3 Å². The summed E-state index contributed by atoms with van der Waals surface area (Å²) in [6.45, 7) is 3.75. The molecule has 3 heterocycles. The normalized spacial score (nSPS) is 13.5. The largest absolute Gasteiger partial charge is 0.495 e. The van der Waals surface area contributed by atoms with Crippen LogP contribution in [0.4, 0.5) is 11.6 Å². The van der Waals surface area contributed by atoms with Gasteiger partial charge in [-0.15, -0.1) is 10.2 Å². The van der Waals surface area contributed by atoms with Crippen LogP contribution in [-0.2, 0) is 13.0 Å². The molecule has 0 aliphatic carbocycles. The van der Waals surface area contributed by atoms with E-state index in [9.17, 15) is 0 Å². The fourth-order valence-electron chi connectivity index (χ4n) is 4.69. The highest BCUT2D eigenvalue weighted by Crippen LogP contribution is 2.35. The van der Waals surface area contributed by atoms with Gasteiger partial charge in [0.25, 0.3) is 0 Å². The summed E-state index contributed by atoms with van der Waals surface area (Å²) in [5, 5.41) is 12.5. The highest BCUT2D eigenvalue weighted by atomic mass is 16.5. The number of nitrogens with one attached hydrogen (secondary N) is 1. The van der Waals surface area contributed by atoms with Crippen LogP contribution < -0.4 is 10.1 Å². The van der Waals surface area contributed by atoms with Crippen LogP contribution in [0.2, 0.25) is 0 Å². The Labute approximate surface area is 209 Å². The fourth-order valence-corrected chi connectivity index (χ4v) is 4.69. The second-order valence-electron chi connectivity index (χ2n) is 9.07. The van der Waals surface area contributed by atoms with Crippen molar-refractivity contribution in [1.29, 1.82) is 0 Å². The minimum absolute atomic E-state index is 0.499. The Morgan fingerprint density at radius 1 is 1.00 bits per heavy atom. The maximum Gasteiger partial charge on any atom is 0.248 e. The lowest BCUT2D eigenvalue weighted by Gasteiger charge is -2.26. The highest BCUT2D eigenvalue weighted by Gasteiger charge is 2.18. The van der Waals surface area contributed by atoms with Crippen LogP contribution in [0, 0.1) is 6.92 Å². The van der Waals surface area contributed by atoms with Crippen LogP contribution in [0.5, 0.6) is 5.75 Å². The van der Waals surface area contributed by atoms with Crippen LogP contribution in [0.1, 0.15) is 17.0 Å². The lowest BCUT2D eigenvalue weighted by atomic mass is 9.98. The molecule has 3 aromatic carbocycles. The summed E-state index contributed by atoms with van der Waals surface area (Å²) in [5.41, 5.74) is 7.20. The van der Waals surface area contributed by atoms with Crippen molar-refractivity contribution in [3.05, 3.63) is 77.8 Å². The van der Waals surface area contributed by atoms with E-state index in [1.165, 1.54) is 11.1 Å². The summed E-state index contributed by atoms with van der Waals surface area (Å²) in [4.78, 5) is 11.7. The first-order chi connectivity index (χ1) is 17.6. The fraction of sp³-hybridized carbons (Fsp3) is 0.214. The van der Waals surface area contributed by atoms with Crippen LogP contribution in [0.25, 0.3) is 33.5 Å². The van der Waals surface area contributed by atoms with E-state index in [1.54, 1.807) is 14.0 Å². The summed E-state index contributed by atoms with van der Waals surface area (Å²) < 4.78 is 11.4. The van der Waals surface area contributed by atoms with Crippen molar-refractivity contribution in [1.82, 2.24) is 25.1 Å². The third-order valence-corrected chi connectivity index (χ3v) is 6.55. The molecule has 0 saturated carbocycles. The van der Waals surface area contributed by atoms with E-state index in [0.29, 0.717) is 17.7 Å². The van der Waals surface area contributed by atoms with Gasteiger partial charge in [-0.3, -0.25) is 0 Å². The molecule has 180 valence electrons. The number of nitrogens with zero attached hydrogens (tertiary/aromatic N) is 5. The number of rotatable bonds is 5. The standard InChI is InChI=1S/C28H26N6O2/c1-17-32-33-27(36-17)23-7-5-4-6-22(23)19-8-9-20-15-29-28(30-24(20)12-19)31-25-13-21-16-34(2)11-10-18(21)14-26(25)35-3/h4-9,12-15H,10-11,16H2,1-3H3,(H,29,30,31). The maximum absolute atomic E-state index is 5.70. The summed E-state index contributed by atoms with van der Waals surface area (Å²) in [6, 6.07) is 18.4. The molecule has 0 radical (unpaired) electrons. The Morgan fingerprint density at radius 2 is 1.86 bits per heavy atom. The maximum atomic E-state index is 5.70. The molecule has 8 nitrogen and oxygen atoms in total. The summed E-state index contributed by atoms with van der Waals surface area (Å²) in [5.74, 6) is 2.34. The van der Waals surface area contributed by atoms with Gasteiger partial charge in [-0.25, -0.2) is 9.97 Å². The van der Waals surface area contributed by atoms with Crippen molar-refractivity contribution >= 4 is 22.5 Å². The van der Waals surface area contributed by atoms with Gasteiger partial charge in [0.15, 0.2) is 0 Å². The van der Waals surface area contributed by atoms with E-state index in [-0.39, 0.29) is 0 Å². The Hall–Kier alpha value is -4.30. The molecule has 0 unspecified atom stereocenters. The van der Waals surface area contributed by atoms with Crippen LogP contribution in [0.15, 0.2) is 65.2 Å². The number of aryl methyl sites for hydroxylation is 1. The van der Waals surface area contributed by atoms with Gasteiger partial charge in [-0.2, -0.15) is 0 Å².